The van der Waals surface area contributed by atoms with E-state index in [0.717, 1.165) is 66.1 Å². The standard InChI is InChI=1S/2C23H20ClN5O2.C16H11ClN2O3.C7H11N3.CH3F.CH4.ClH/c2*1-14-17(3-5-21(25)28-14)11-27-23(31)16-6-7-26-20(9-16)13-29-12-18-8-19(24)4-2-15(18)10-22(29)30;17-13-2-1-10-7-15(20)19(8-12(10)5-13)9-14-6-11(16(21)22)3-4-18-14;1-5-6(4-8)2-3-7(9)10-5;1-2;;/h2*2-10,12H,11,13H2,1H3,(H2,25,28)(H,27,31);1-8H,9H2,(H,21,22);2-3H,4,8H2,1H3,(H2,9,10);1H3;1H4;1H/i;;;;1D;;. The quantitative estimate of drug-likeness (QED) is 0.0532. The number of aryl methyl sites for hydroxylation is 3. The van der Waals surface area contributed by atoms with Crippen LogP contribution in [0.15, 0.2) is 197 Å². The zero-order chi connectivity index (χ0) is 69.9. The van der Waals surface area contributed by atoms with Gasteiger partial charge in [0.25, 0.3) is 28.5 Å². The maximum Gasteiger partial charge on any atom is 0.335 e. The van der Waals surface area contributed by atoms with Gasteiger partial charge >= 0.3 is 5.97 Å². The van der Waals surface area contributed by atoms with Gasteiger partial charge in [-0.1, -0.05) is 78.6 Å². The molecule has 12 rings (SSSR count). The Balaban J connectivity index is 0.000000215. The van der Waals surface area contributed by atoms with Gasteiger partial charge in [0.15, 0.2) is 0 Å². The topological polar surface area (TPSA) is 343 Å². The Bertz CT molecular complexity index is 4860. The van der Waals surface area contributed by atoms with E-state index in [1.807, 2.05) is 51.1 Å². The maximum absolute atomic E-state index is 12.6. The molecule has 27 heteroatoms. The Morgan fingerprint density at radius 3 is 1.09 bits per heavy atom. The van der Waals surface area contributed by atoms with E-state index >= 15 is 0 Å². The number of carbonyl (C=O) groups is 3. The number of alkyl halides is 1. The Hall–Kier alpha value is -11.0. The molecule has 0 bridgehead atoms. The van der Waals surface area contributed by atoms with Crippen LogP contribution in [0.25, 0.3) is 32.3 Å². The number of pyridine rings is 9. The molecule has 0 aliphatic rings. The summed E-state index contributed by atoms with van der Waals surface area (Å²) in [5.41, 5.74) is 29.7. The summed E-state index contributed by atoms with van der Waals surface area (Å²) in [5, 5.41) is 21.5. The number of carboxylic acids is 1. The van der Waals surface area contributed by atoms with Gasteiger partial charge in [0.1, 0.15) is 17.5 Å². The predicted molar refractivity (Wildman–Crippen MR) is 388 cm³/mol. The van der Waals surface area contributed by atoms with Crippen molar-refractivity contribution in [2.75, 3.05) is 24.4 Å². The minimum Gasteiger partial charge on any atom is -0.478 e. The van der Waals surface area contributed by atoms with Gasteiger partial charge in [-0.15, -0.1) is 12.4 Å². The van der Waals surface area contributed by atoms with Crippen molar-refractivity contribution < 1.29 is 25.3 Å². The lowest BCUT2D eigenvalue weighted by atomic mass is 10.1. The molecule has 0 radical (unpaired) electrons. The summed E-state index contributed by atoms with van der Waals surface area (Å²) in [5.74, 6) is -0.0684. The van der Waals surface area contributed by atoms with Gasteiger partial charge in [-0.05, 0) is 161 Å². The zero-order valence-corrected chi connectivity index (χ0v) is 55.5. The molecule has 506 valence electrons. The molecule has 9 heterocycles. The number of hydrogen-bond acceptors (Lipinski definition) is 16. The average Bonchev–Trinajstić information content (AvgIpc) is 0.820. The van der Waals surface area contributed by atoms with Crippen molar-refractivity contribution in [3.05, 3.63) is 296 Å². The Morgan fingerprint density at radius 2 is 0.786 bits per heavy atom. The molecule has 2 amide bonds. The SMILES string of the molecule is C.Cc1nc(N)ccc1CN.Cc1nc(N)ccc1CNC(=O)c1ccnc(Cn2cc3cc(Cl)ccc3cc2=O)c1.Cc1nc(N)ccc1CNC(=O)c1ccnc(Cn2cc3cc(Cl)ccc3cc2=O)c1.Cl.O=C(O)c1ccnc(Cn2cc3cc(Cl)ccc3cc2=O)c1.[2H]CF. The number of aromatic nitrogens is 9. The molecular weight excluding hydrogens is 1340 g/mol. The summed E-state index contributed by atoms with van der Waals surface area (Å²) >= 11 is 18.1. The third-order valence-corrected chi connectivity index (χ3v) is 15.4. The fourth-order valence-electron chi connectivity index (χ4n) is 9.69. The van der Waals surface area contributed by atoms with Crippen LogP contribution in [0.4, 0.5) is 21.8 Å². The van der Waals surface area contributed by atoms with Crippen LogP contribution >= 0.6 is 47.2 Å². The molecule has 12 aromatic rings. The van der Waals surface area contributed by atoms with Gasteiger partial charge in [-0.25, -0.2) is 19.7 Å². The van der Waals surface area contributed by atoms with Gasteiger partial charge in [0, 0.05) is 118 Å². The number of rotatable bonds is 14. The molecule has 98 heavy (non-hydrogen) atoms. The number of aromatic carboxylic acids is 1. The van der Waals surface area contributed by atoms with Crippen LogP contribution in [-0.4, -0.2) is 73.6 Å². The first kappa shape index (κ1) is 74.4. The molecule has 22 nitrogen and oxygen atoms in total. The molecule has 11 N–H and O–H groups in total. The summed E-state index contributed by atoms with van der Waals surface area (Å²) in [6, 6.07) is 40.9. The van der Waals surface area contributed by atoms with E-state index in [4.69, 9.17) is 64.2 Å². The second-order valence-electron chi connectivity index (χ2n) is 21.5. The largest absolute Gasteiger partial charge is 0.478 e. The van der Waals surface area contributed by atoms with E-state index in [9.17, 15) is 33.2 Å². The van der Waals surface area contributed by atoms with Crippen molar-refractivity contribution in [2.24, 2.45) is 5.73 Å². The molecule has 0 aliphatic carbocycles. The number of carboxylic acid groups (broad SMARTS) is 1. The molecule has 0 fully saturated rings. The zero-order valence-electron chi connectivity index (χ0n) is 53.4. The molecular formula is C71H70Cl4FN15O7. The highest BCUT2D eigenvalue weighted by Crippen LogP contribution is 2.22. The molecule has 0 saturated carbocycles. The highest BCUT2D eigenvalue weighted by Gasteiger charge is 2.14. The van der Waals surface area contributed by atoms with Crippen LogP contribution in [0, 0.1) is 20.8 Å². The summed E-state index contributed by atoms with van der Waals surface area (Å²) in [6.07, 6.45) is 9.72. The van der Waals surface area contributed by atoms with Crippen molar-refractivity contribution in [2.45, 2.75) is 67.5 Å². The fourth-order valence-corrected chi connectivity index (χ4v) is 10.2. The van der Waals surface area contributed by atoms with Gasteiger partial charge in [-0.2, -0.15) is 0 Å². The first-order valence-electron chi connectivity index (χ1n) is 29.9. The molecule has 0 unspecified atom stereocenters. The molecule has 0 atom stereocenters. The predicted octanol–water partition coefficient (Wildman–Crippen LogP) is 11.5. The minimum atomic E-state index is -1.03. The molecule has 3 aromatic carbocycles. The number of anilines is 3. The summed E-state index contributed by atoms with van der Waals surface area (Å²) in [4.78, 5) is 98.4. The first-order chi connectivity index (χ1) is 46.4. The number of fused-ring (bicyclic) bond motifs is 3. The number of hydrogen-bond donors (Lipinski definition) is 7. The highest BCUT2D eigenvalue weighted by molar-refractivity contribution is 6.32. The van der Waals surface area contributed by atoms with Gasteiger partial charge in [-0.3, -0.25) is 43.3 Å². The van der Waals surface area contributed by atoms with Crippen molar-refractivity contribution >= 4 is 115 Å². The van der Waals surface area contributed by atoms with Crippen LogP contribution in [0.2, 0.25) is 15.1 Å². The van der Waals surface area contributed by atoms with Crippen LogP contribution < -0.4 is 50.2 Å². The fraction of sp³-hybridized carbons (Fsp3) is 0.155. The normalized spacial score (nSPS) is 10.5. The lowest BCUT2D eigenvalue weighted by Crippen LogP contribution is -2.24. The molecule has 0 saturated heterocycles. The van der Waals surface area contributed by atoms with Crippen molar-refractivity contribution in [1.29, 1.82) is 0 Å². The van der Waals surface area contributed by atoms with Gasteiger partial charge in [0.05, 0.1) is 50.8 Å². The smallest absolute Gasteiger partial charge is 0.335 e. The highest BCUT2D eigenvalue weighted by atomic mass is 35.5. The number of benzene rings is 3. The monoisotopic (exact) mass is 1400 g/mol. The average molecular weight is 1410 g/mol. The minimum absolute atomic E-state index is 0. The summed E-state index contributed by atoms with van der Waals surface area (Å²) in [7, 11) is -1.00. The van der Waals surface area contributed by atoms with Crippen molar-refractivity contribution in [3.8, 4) is 0 Å². The van der Waals surface area contributed by atoms with Gasteiger partial charge < -0.3 is 52.4 Å². The number of nitrogen functional groups attached to an aromatic ring is 3. The second kappa shape index (κ2) is 35.7. The third kappa shape index (κ3) is 21.0. The number of nitrogens with two attached hydrogens (primary N) is 4. The lowest BCUT2D eigenvalue weighted by molar-refractivity contribution is 0.0695. The number of nitrogens with zero attached hydrogens (tertiary/aromatic N) is 9. The molecule has 9 aromatic heterocycles. The van der Waals surface area contributed by atoms with Crippen LogP contribution in [-0.2, 0) is 39.3 Å². The maximum atomic E-state index is 12.6. The van der Waals surface area contributed by atoms with E-state index in [1.54, 1.807) is 137 Å². The first-order valence-corrected chi connectivity index (χ1v) is 30.3. The number of halogens is 5. The van der Waals surface area contributed by atoms with E-state index in [-0.39, 0.29) is 73.5 Å². The number of carbonyl (C=O) groups excluding carboxylic acids is 2. The lowest BCUT2D eigenvalue weighted by Gasteiger charge is -2.10. The molecule has 0 aliphatic heterocycles. The molecule has 0 spiro atoms. The Labute approximate surface area is 585 Å². The van der Waals surface area contributed by atoms with Gasteiger partial charge in [0.2, 0.25) is 0 Å². The Kier molecular flexibility index (Phi) is 27.1. The van der Waals surface area contributed by atoms with E-state index < -0.39 is 13.1 Å². The third-order valence-electron chi connectivity index (χ3n) is 14.7. The summed E-state index contributed by atoms with van der Waals surface area (Å²) < 4.78 is 20.1. The van der Waals surface area contributed by atoms with E-state index in [0.29, 0.717) is 80.4 Å². The van der Waals surface area contributed by atoms with Crippen LogP contribution in [0.5, 0.6) is 0 Å². The van der Waals surface area contributed by atoms with E-state index in [1.165, 1.54) is 29.0 Å². The van der Waals surface area contributed by atoms with Crippen LogP contribution in [0.3, 0.4) is 0 Å². The number of amides is 2. The van der Waals surface area contributed by atoms with Crippen LogP contribution in [0.1, 0.15) is 90.7 Å². The number of nitrogens with one attached hydrogen (secondary N) is 2. The summed E-state index contributed by atoms with van der Waals surface area (Å²) in [6.45, 7) is 7.46. The van der Waals surface area contributed by atoms with Crippen molar-refractivity contribution in [1.82, 2.24) is 54.2 Å². The second-order valence-corrected chi connectivity index (χ2v) is 22.8. The van der Waals surface area contributed by atoms with Crippen molar-refractivity contribution in [3.63, 3.8) is 0 Å². The Morgan fingerprint density at radius 1 is 0.480 bits per heavy atom. The van der Waals surface area contributed by atoms with E-state index in [2.05, 4.69) is 40.5 Å².